The molecule has 0 aliphatic carbocycles. The van der Waals surface area contributed by atoms with Gasteiger partial charge >= 0.3 is 0 Å². The molecule has 0 bridgehead atoms. The molecule has 3 aromatic rings. The molecule has 132 valence electrons. The summed E-state index contributed by atoms with van der Waals surface area (Å²) in [5.41, 5.74) is 1.55. The van der Waals surface area contributed by atoms with Crippen molar-refractivity contribution in [1.29, 1.82) is 0 Å². The number of nitrogens with one attached hydrogen (secondary N) is 1. The molecule has 6 nitrogen and oxygen atoms in total. The molecular weight excluding hydrogens is 370 g/mol. The van der Waals surface area contributed by atoms with Gasteiger partial charge in [0, 0.05) is 6.08 Å². The van der Waals surface area contributed by atoms with Gasteiger partial charge in [-0.25, -0.2) is 8.42 Å². The highest BCUT2D eigenvalue weighted by Gasteiger charge is 2.21. The number of sulfone groups is 1. The Bertz CT molecular complexity index is 1010. The standard InChI is InChI=1S/C18H15N3O3S2/c22-16(12-11-14-7-3-1-4-8-14)19-17-20-21-18(25-17)26(23,24)13-15-9-5-2-6-10-15/h1-12H,13H2,(H,19,20,22)/b12-11+. The molecule has 0 atom stereocenters. The Labute approximate surface area is 155 Å². The third-order valence-corrected chi connectivity index (χ3v) is 6.30. The Morgan fingerprint density at radius 1 is 1.00 bits per heavy atom. The summed E-state index contributed by atoms with van der Waals surface area (Å²) in [7, 11) is -3.61. The zero-order valence-electron chi connectivity index (χ0n) is 13.6. The van der Waals surface area contributed by atoms with E-state index in [0.717, 1.165) is 16.9 Å². The molecule has 0 aliphatic heterocycles. The van der Waals surface area contributed by atoms with Crippen LogP contribution in [0.1, 0.15) is 11.1 Å². The van der Waals surface area contributed by atoms with Gasteiger partial charge in [-0.1, -0.05) is 72.0 Å². The Morgan fingerprint density at radius 2 is 1.65 bits per heavy atom. The average molecular weight is 385 g/mol. The summed E-state index contributed by atoms with van der Waals surface area (Å²) >= 11 is 0.833. The minimum atomic E-state index is -3.61. The summed E-state index contributed by atoms with van der Waals surface area (Å²) in [5, 5.41) is 10.1. The number of rotatable bonds is 6. The topological polar surface area (TPSA) is 89.0 Å². The van der Waals surface area contributed by atoms with Gasteiger partial charge in [0.1, 0.15) is 0 Å². The maximum Gasteiger partial charge on any atom is 0.250 e. The highest BCUT2D eigenvalue weighted by molar-refractivity contribution is 7.92. The molecule has 1 heterocycles. The summed E-state index contributed by atoms with van der Waals surface area (Å²) < 4.78 is 24.7. The van der Waals surface area contributed by atoms with Crippen LogP contribution in [0.25, 0.3) is 6.08 Å². The first-order valence-corrected chi connectivity index (χ1v) is 10.1. The zero-order chi connectivity index (χ0) is 18.4. The molecule has 8 heteroatoms. The SMILES string of the molecule is O=C(/C=C/c1ccccc1)Nc1nnc(S(=O)(=O)Cc2ccccc2)s1. The number of carbonyl (C=O) groups is 1. The first kappa shape index (κ1) is 18.0. The van der Waals surface area contributed by atoms with Gasteiger partial charge in [0.15, 0.2) is 0 Å². The van der Waals surface area contributed by atoms with Crippen LogP contribution in [0.5, 0.6) is 0 Å². The molecule has 26 heavy (non-hydrogen) atoms. The van der Waals surface area contributed by atoms with Gasteiger partial charge in [-0.15, -0.1) is 10.2 Å². The van der Waals surface area contributed by atoms with Crippen LogP contribution >= 0.6 is 11.3 Å². The molecule has 3 rings (SSSR count). The summed E-state index contributed by atoms with van der Waals surface area (Å²) in [4.78, 5) is 11.9. The van der Waals surface area contributed by atoms with Crippen LogP contribution in [0, 0.1) is 0 Å². The summed E-state index contributed by atoms with van der Waals surface area (Å²) in [5.74, 6) is -0.568. The predicted octanol–water partition coefficient (Wildman–Crippen LogP) is 3.16. The first-order chi connectivity index (χ1) is 12.5. The minimum Gasteiger partial charge on any atom is -0.297 e. The molecule has 0 aliphatic rings. The second-order valence-electron chi connectivity index (χ2n) is 5.35. The van der Waals surface area contributed by atoms with E-state index in [9.17, 15) is 13.2 Å². The van der Waals surface area contributed by atoms with Gasteiger partial charge in [0.2, 0.25) is 25.2 Å². The second kappa shape index (κ2) is 8.03. The highest BCUT2D eigenvalue weighted by atomic mass is 32.2. The number of amides is 1. The fraction of sp³-hybridized carbons (Fsp3) is 0.0556. The van der Waals surface area contributed by atoms with Crippen molar-refractivity contribution in [2.75, 3.05) is 5.32 Å². The number of hydrogen-bond donors (Lipinski definition) is 1. The highest BCUT2D eigenvalue weighted by Crippen LogP contribution is 2.23. The van der Waals surface area contributed by atoms with Crippen LogP contribution in [-0.4, -0.2) is 24.5 Å². The number of hydrogen-bond acceptors (Lipinski definition) is 6. The van der Waals surface area contributed by atoms with Crippen molar-refractivity contribution in [3.8, 4) is 0 Å². The second-order valence-corrected chi connectivity index (χ2v) is 8.49. The third kappa shape index (κ3) is 4.84. The van der Waals surface area contributed by atoms with E-state index in [1.807, 2.05) is 36.4 Å². The number of carbonyl (C=O) groups excluding carboxylic acids is 1. The van der Waals surface area contributed by atoms with Crippen LogP contribution in [0.3, 0.4) is 0 Å². The maximum absolute atomic E-state index is 12.4. The average Bonchev–Trinajstić information content (AvgIpc) is 3.11. The van der Waals surface area contributed by atoms with Crippen molar-refractivity contribution in [1.82, 2.24) is 10.2 Å². The molecule has 1 amide bonds. The quantitative estimate of drug-likeness (QED) is 0.520. The zero-order valence-corrected chi connectivity index (χ0v) is 15.2. The van der Waals surface area contributed by atoms with Crippen LogP contribution in [-0.2, 0) is 20.4 Å². The largest absolute Gasteiger partial charge is 0.297 e. The van der Waals surface area contributed by atoms with Crippen molar-refractivity contribution in [3.63, 3.8) is 0 Å². The van der Waals surface area contributed by atoms with E-state index in [2.05, 4.69) is 15.5 Å². The first-order valence-electron chi connectivity index (χ1n) is 7.67. The van der Waals surface area contributed by atoms with Gasteiger partial charge in [0.05, 0.1) is 5.75 Å². The molecular formula is C18H15N3O3S2. The minimum absolute atomic E-state index is 0.122. The lowest BCUT2D eigenvalue weighted by Crippen LogP contribution is -2.07. The van der Waals surface area contributed by atoms with Crippen LogP contribution in [0.2, 0.25) is 0 Å². The summed E-state index contributed by atoms with van der Waals surface area (Å²) in [6.07, 6.45) is 3.01. The Kier molecular flexibility index (Phi) is 5.55. The van der Waals surface area contributed by atoms with Crippen LogP contribution in [0.4, 0.5) is 5.13 Å². The lowest BCUT2D eigenvalue weighted by molar-refractivity contribution is -0.111. The molecule has 2 aromatic carbocycles. The Hall–Kier alpha value is -2.84. The molecule has 0 saturated carbocycles. The normalized spacial score (nSPS) is 11.5. The molecule has 0 spiro atoms. The van der Waals surface area contributed by atoms with E-state index in [-0.39, 0.29) is 15.2 Å². The molecule has 0 saturated heterocycles. The third-order valence-electron chi connectivity index (χ3n) is 3.33. The van der Waals surface area contributed by atoms with Crippen molar-refractivity contribution < 1.29 is 13.2 Å². The lowest BCUT2D eigenvalue weighted by Gasteiger charge is -1.99. The van der Waals surface area contributed by atoms with E-state index in [4.69, 9.17) is 0 Å². The lowest BCUT2D eigenvalue weighted by atomic mass is 10.2. The van der Waals surface area contributed by atoms with E-state index in [1.54, 1.807) is 30.3 Å². The molecule has 1 N–H and O–H groups in total. The number of aromatic nitrogens is 2. The number of anilines is 1. The van der Waals surface area contributed by atoms with Gasteiger partial charge < -0.3 is 0 Å². The summed E-state index contributed by atoms with van der Waals surface area (Å²) in [6, 6.07) is 18.2. The van der Waals surface area contributed by atoms with Crippen LogP contribution < -0.4 is 5.32 Å². The van der Waals surface area contributed by atoms with Crippen molar-refractivity contribution >= 4 is 38.3 Å². The fourth-order valence-electron chi connectivity index (χ4n) is 2.12. The molecule has 0 radical (unpaired) electrons. The smallest absolute Gasteiger partial charge is 0.250 e. The Balaban J connectivity index is 1.66. The van der Waals surface area contributed by atoms with Gasteiger partial charge in [0.25, 0.3) is 0 Å². The van der Waals surface area contributed by atoms with Crippen LogP contribution in [0.15, 0.2) is 71.1 Å². The molecule has 0 fully saturated rings. The molecule has 0 unspecified atom stereocenters. The predicted molar refractivity (Wildman–Crippen MR) is 101 cm³/mol. The number of benzene rings is 2. The van der Waals surface area contributed by atoms with Gasteiger partial charge in [-0.3, -0.25) is 10.1 Å². The van der Waals surface area contributed by atoms with Gasteiger partial charge in [-0.2, -0.15) is 0 Å². The van der Waals surface area contributed by atoms with E-state index >= 15 is 0 Å². The van der Waals surface area contributed by atoms with E-state index in [0.29, 0.717) is 5.56 Å². The van der Waals surface area contributed by atoms with Crippen molar-refractivity contribution in [2.45, 2.75) is 10.1 Å². The van der Waals surface area contributed by atoms with E-state index < -0.39 is 15.7 Å². The van der Waals surface area contributed by atoms with Gasteiger partial charge in [-0.05, 0) is 17.2 Å². The van der Waals surface area contributed by atoms with Crippen molar-refractivity contribution in [2.24, 2.45) is 0 Å². The van der Waals surface area contributed by atoms with Crippen molar-refractivity contribution in [3.05, 3.63) is 77.9 Å². The fourth-order valence-corrected chi connectivity index (χ4v) is 4.45. The monoisotopic (exact) mass is 385 g/mol. The number of nitrogens with zero attached hydrogens (tertiary/aromatic N) is 2. The summed E-state index contributed by atoms with van der Waals surface area (Å²) in [6.45, 7) is 0. The Morgan fingerprint density at radius 3 is 2.35 bits per heavy atom. The molecule has 1 aromatic heterocycles. The maximum atomic E-state index is 12.4. The van der Waals surface area contributed by atoms with E-state index in [1.165, 1.54) is 6.08 Å².